The van der Waals surface area contributed by atoms with Crippen LogP contribution in [0.4, 0.5) is 11.6 Å². The zero-order valence-corrected chi connectivity index (χ0v) is 7.74. The molecule has 0 atom stereocenters. The van der Waals surface area contributed by atoms with Gasteiger partial charge < -0.3 is 25.5 Å². The van der Waals surface area contributed by atoms with E-state index in [1.165, 1.54) is 0 Å². The summed E-state index contributed by atoms with van der Waals surface area (Å²) in [7, 11) is 3.33. The summed E-state index contributed by atoms with van der Waals surface area (Å²) in [6, 6.07) is 0. The van der Waals surface area contributed by atoms with E-state index in [9.17, 15) is 10.4 Å². The lowest BCUT2D eigenvalue weighted by Gasteiger charge is -2.00. The Morgan fingerprint density at radius 1 is 1.50 bits per heavy atom. The highest BCUT2D eigenvalue weighted by Gasteiger charge is 2.24. The van der Waals surface area contributed by atoms with Crippen LogP contribution in [0.5, 0.6) is 0 Å². The van der Waals surface area contributed by atoms with Crippen molar-refractivity contribution in [2.75, 3.05) is 24.7 Å². The second-order valence-electron chi connectivity index (χ2n) is 2.75. The van der Waals surface area contributed by atoms with Crippen molar-refractivity contribution in [3.8, 4) is 0 Å². The Morgan fingerprint density at radius 3 is 2.79 bits per heavy atom. The maximum Gasteiger partial charge on any atom is 0.382 e. The lowest BCUT2D eigenvalue weighted by atomic mass is 10.4. The zero-order chi connectivity index (χ0) is 10.3. The molecule has 0 saturated carbocycles. The van der Waals surface area contributed by atoms with Crippen molar-refractivity contribution in [3.63, 3.8) is 0 Å². The molecule has 0 spiro atoms. The molecule has 2 heterocycles. The largest absolute Gasteiger partial charge is 0.710 e. The van der Waals surface area contributed by atoms with Crippen LogP contribution in [0.3, 0.4) is 0 Å². The SMILES string of the molecule is CNc1oc2c(c1NC)[n+]([O-])cn2O. The Bertz CT molecular complexity index is 473. The molecular formula is C7H10N4O3. The molecule has 0 aliphatic heterocycles. The van der Waals surface area contributed by atoms with Crippen LogP contribution in [0.2, 0.25) is 0 Å². The van der Waals surface area contributed by atoms with Crippen molar-refractivity contribution >= 4 is 22.8 Å². The molecule has 7 nitrogen and oxygen atoms in total. The quantitative estimate of drug-likeness (QED) is 0.364. The van der Waals surface area contributed by atoms with Crippen molar-refractivity contribution in [1.82, 2.24) is 4.73 Å². The molecule has 0 unspecified atom stereocenters. The first-order chi connectivity index (χ1) is 6.69. The maximum atomic E-state index is 11.3. The number of furan rings is 1. The molecule has 2 aromatic heterocycles. The number of hydrogen-bond acceptors (Lipinski definition) is 5. The smallest absolute Gasteiger partial charge is 0.382 e. The van der Waals surface area contributed by atoms with Crippen LogP contribution in [0.15, 0.2) is 10.7 Å². The fraction of sp³-hybridized carbons (Fsp3) is 0.286. The van der Waals surface area contributed by atoms with Gasteiger partial charge in [-0.25, -0.2) is 4.73 Å². The van der Waals surface area contributed by atoms with Gasteiger partial charge in [0, 0.05) is 14.1 Å². The van der Waals surface area contributed by atoms with E-state index in [-0.39, 0.29) is 11.2 Å². The number of hydrogen-bond donors (Lipinski definition) is 3. The summed E-state index contributed by atoms with van der Waals surface area (Å²) in [5, 5.41) is 26.2. The fourth-order valence-corrected chi connectivity index (χ4v) is 1.39. The van der Waals surface area contributed by atoms with Crippen LogP contribution < -0.4 is 15.4 Å². The number of fused-ring (bicyclic) bond motifs is 1. The van der Waals surface area contributed by atoms with Gasteiger partial charge in [-0.05, 0) is 4.73 Å². The molecule has 7 heteroatoms. The molecule has 14 heavy (non-hydrogen) atoms. The summed E-state index contributed by atoms with van der Waals surface area (Å²) < 4.78 is 6.39. The number of aromatic nitrogens is 2. The van der Waals surface area contributed by atoms with E-state index in [0.29, 0.717) is 21.0 Å². The van der Waals surface area contributed by atoms with Gasteiger partial charge in [-0.15, -0.1) is 0 Å². The number of nitrogens with one attached hydrogen (secondary N) is 2. The molecule has 0 saturated heterocycles. The van der Waals surface area contributed by atoms with Crippen molar-refractivity contribution in [2.24, 2.45) is 0 Å². The van der Waals surface area contributed by atoms with Gasteiger partial charge in [0.1, 0.15) is 0 Å². The minimum atomic E-state index is 0.105. The first-order valence-electron chi connectivity index (χ1n) is 4.00. The lowest BCUT2D eigenvalue weighted by molar-refractivity contribution is -0.579. The van der Waals surface area contributed by atoms with E-state index in [0.717, 1.165) is 6.33 Å². The molecule has 0 fully saturated rings. The number of nitrogens with zero attached hydrogens (tertiary/aromatic N) is 2. The van der Waals surface area contributed by atoms with Crippen molar-refractivity contribution in [3.05, 3.63) is 11.5 Å². The molecule has 0 bridgehead atoms. The molecule has 2 rings (SSSR count). The Balaban J connectivity index is 2.81. The number of anilines is 2. The Morgan fingerprint density at radius 2 is 2.21 bits per heavy atom. The van der Waals surface area contributed by atoms with Gasteiger partial charge in [0.05, 0.1) is 0 Å². The molecule has 0 aromatic carbocycles. The Kier molecular flexibility index (Phi) is 1.66. The molecule has 76 valence electrons. The second-order valence-corrected chi connectivity index (χ2v) is 2.75. The first-order valence-corrected chi connectivity index (χ1v) is 4.00. The summed E-state index contributed by atoms with van der Waals surface area (Å²) in [5.41, 5.74) is 0.887. The molecule has 0 amide bonds. The van der Waals surface area contributed by atoms with Gasteiger partial charge in [0.25, 0.3) is 6.33 Å². The minimum Gasteiger partial charge on any atom is -0.710 e. The molecule has 0 aliphatic rings. The van der Waals surface area contributed by atoms with Gasteiger partial charge in [0.2, 0.25) is 11.4 Å². The van der Waals surface area contributed by atoms with Gasteiger partial charge >= 0.3 is 5.71 Å². The van der Waals surface area contributed by atoms with Gasteiger partial charge in [-0.3, -0.25) is 0 Å². The highest BCUT2D eigenvalue weighted by atomic mass is 16.5. The van der Waals surface area contributed by atoms with Crippen molar-refractivity contribution in [1.29, 1.82) is 0 Å². The molecule has 3 N–H and O–H groups in total. The van der Waals surface area contributed by atoms with Crippen LogP contribution in [0.1, 0.15) is 0 Å². The average Bonchev–Trinajstić information content (AvgIpc) is 2.66. The van der Waals surface area contributed by atoms with E-state index < -0.39 is 0 Å². The van der Waals surface area contributed by atoms with Crippen LogP contribution >= 0.6 is 0 Å². The van der Waals surface area contributed by atoms with Crippen LogP contribution in [-0.2, 0) is 0 Å². The summed E-state index contributed by atoms with van der Waals surface area (Å²) >= 11 is 0. The van der Waals surface area contributed by atoms with E-state index in [1.807, 2.05) is 0 Å². The topological polar surface area (TPSA) is 89.3 Å². The Labute approximate surface area is 79.1 Å². The van der Waals surface area contributed by atoms with Crippen LogP contribution in [0.25, 0.3) is 11.2 Å². The van der Waals surface area contributed by atoms with Gasteiger partial charge in [0.15, 0.2) is 5.69 Å². The third-order valence-electron chi connectivity index (χ3n) is 1.98. The van der Waals surface area contributed by atoms with Crippen LogP contribution in [0, 0.1) is 5.21 Å². The van der Waals surface area contributed by atoms with Crippen molar-refractivity contribution in [2.45, 2.75) is 0 Å². The second kappa shape index (κ2) is 2.72. The highest BCUT2D eigenvalue weighted by Crippen LogP contribution is 2.31. The zero-order valence-electron chi connectivity index (χ0n) is 7.74. The first kappa shape index (κ1) is 8.54. The third-order valence-corrected chi connectivity index (χ3v) is 1.98. The maximum absolute atomic E-state index is 11.3. The van der Waals surface area contributed by atoms with Crippen LogP contribution in [-0.4, -0.2) is 24.0 Å². The third kappa shape index (κ3) is 0.889. The monoisotopic (exact) mass is 198 g/mol. The molecule has 0 radical (unpaired) electrons. The van der Waals surface area contributed by atoms with Gasteiger partial charge in [-0.2, -0.15) is 0 Å². The molecule has 2 aromatic rings. The normalized spacial score (nSPS) is 10.7. The predicted octanol–water partition coefficient (Wildman–Crippen LogP) is 0.188. The molecular weight excluding hydrogens is 188 g/mol. The summed E-state index contributed by atoms with van der Waals surface area (Å²) in [4.78, 5) is 0. The fourth-order valence-electron chi connectivity index (χ4n) is 1.39. The van der Waals surface area contributed by atoms with Crippen molar-refractivity contribution < 1.29 is 14.4 Å². The average molecular weight is 198 g/mol. The lowest BCUT2D eigenvalue weighted by Crippen LogP contribution is -2.23. The van der Waals surface area contributed by atoms with E-state index in [2.05, 4.69) is 10.6 Å². The van der Waals surface area contributed by atoms with E-state index >= 15 is 0 Å². The number of rotatable bonds is 2. The van der Waals surface area contributed by atoms with E-state index in [1.54, 1.807) is 14.1 Å². The Hall–Kier alpha value is -2.05. The summed E-state index contributed by atoms with van der Waals surface area (Å²) in [6.45, 7) is 0. The minimum absolute atomic E-state index is 0.105. The summed E-state index contributed by atoms with van der Waals surface area (Å²) in [6.07, 6.45) is 0.981. The van der Waals surface area contributed by atoms with E-state index in [4.69, 9.17) is 4.42 Å². The number of imidazole rings is 1. The van der Waals surface area contributed by atoms with Gasteiger partial charge in [-0.1, -0.05) is 0 Å². The summed E-state index contributed by atoms with van der Waals surface area (Å²) in [5.74, 6) is 0.408. The standard InChI is InChI=1S/C7H10N4O3/c1-8-4-5-7(14-6(4)9-2)11(13)3-10(5)12/h3,8-9,13H,1-2H3. The molecule has 0 aliphatic carbocycles. The highest BCUT2D eigenvalue weighted by molar-refractivity contribution is 5.90. The predicted molar refractivity (Wildman–Crippen MR) is 49.4 cm³/mol.